The SMILES string of the molecule is Cc1ccccc1[C@@]1(O)CCN(C(=O)c2n[nH]c(=O)c3ccccc23)C1. The van der Waals surface area contributed by atoms with Crippen molar-refractivity contribution in [3.8, 4) is 0 Å². The van der Waals surface area contributed by atoms with Gasteiger partial charge in [-0.05, 0) is 30.5 Å². The van der Waals surface area contributed by atoms with E-state index in [1.165, 1.54) is 0 Å². The van der Waals surface area contributed by atoms with Gasteiger partial charge in [0.15, 0.2) is 5.69 Å². The highest BCUT2D eigenvalue weighted by Crippen LogP contribution is 2.34. The number of nitrogens with one attached hydrogen (secondary N) is 1. The number of benzene rings is 2. The van der Waals surface area contributed by atoms with E-state index in [1.54, 1.807) is 29.2 Å². The number of hydrogen-bond donors (Lipinski definition) is 2. The molecule has 4 rings (SSSR count). The summed E-state index contributed by atoms with van der Waals surface area (Å²) in [4.78, 5) is 26.5. The van der Waals surface area contributed by atoms with Gasteiger partial charge in [-0.25, -0.2) is 5.10 Å². The van der Waals surface area contributed by atoms with Gasteiger partial charge in [0, 0.05) is 11.9 Å². The maximum Gasteiger partial charge on any atom is 0.275 e. The quantitative estimate of drug-likeness (QED) is 0.741. The highest BCUT2D eigenvalue weighted by atomic mass is 16.3. The number of rotatable bonds is 2. The summed E-state index contributed by atoms with van der Waals surface area (Å²) in [6.45, 7) is 2.58. The van der Waals surface area contributed by atoms with Crippen molar-refractivity contribution < 1.29 is 9.90 Å². The van der Waals surface area contributed by atoms with Crippen molar-refractivity contribution in [2.75, 3.05) is 13.1 Å². The number of fused-ring (bicyclic) bond motifs is 1. The van der Waals surface area contributed by atoms with Crippen LogP contribution in [0.4, 0.5) is 0 Å². The first-order valence-electron chi connectivity index (χ1n) is 8.55. The Bertz CT molecular complexity index is 1060. The van der Waals surface area contributed by atoms with Crippen LogP contribution in [-0.2, 0) is 5.60 Å². The summed E-state index contributed by atoms with van der Waals surface area (Å²) in [7, 11) is 0. The van der Waals surface area contributed by atoms with E-state index in [-0.39, 0.29) is 23.7 Å². The first kappa shape index (κ1) is 16.5. The smallest absolute Gasteiger partial charge is 0.275 e. The summed E-state index contributed by atoms with van der Waals surface area (Å²) in [5.74, 6) is -0.290. The van der Waals surface area contributed by atoms with Gasteiger partial charge in [-0.2, -0.15) is 5.10 Å². The van der Waals surface area contributed by atoms with Gasteiger partial charge in [0.2, 0.25) is 0 Å². The maximum atomic E-state index is 13.0. The van der Waals surface area contributed by atoms with Crippen LogP contribution in [0.1, 0.15) is 28.0 Å². The summed E-state index contributed by atoms with van der Waals surface area (Å²) >= 11 is 0. The summed E-state index contributed by atoms with van der Waals surface area (Å²) < 4.78 is 0. The van der Waals surface area contributed by atoms with Crippen molar-refractivity contribution in [3.63, 3.8) is 0 Å². The molecule has 0 spiro atoms. The van der Waals surface area contributed by atoms with Crippen molar-refractivity contribution in [3.05, 3.63) is 75.7 Å². The van der Waals surface area contributed by atoms with E-state index in [1.807, 2.05) is 31.2 Å². The van der Waals surface area contributed by atoms with Crippen LogP contribution in [0.25, 0.3) is 10.8 Å². The zero-order valence-electron chi connectivity index (χ0n) is 14.4. The lowest BCUT2D eigenvalue weighted by Gasteiger charge is -2.25. The second kappa shape index (κ2) is 6.07. The van der Waals surface area contributed by atoms with E-state index >= 15 is 0 Å². The van der Waals surface area contributed by atoms with Crippen LogP contribution in [0.15, 0.2) is 53.3 Å². The third kappa shape index (κ3) is 2.59. The first-order valence-corrected chi connectivity index (χ1v) is 8.55. The van der Waals surface area contributed by atoms with Gasteiger partial charge in [-0.1, -0.05) is 42.5 Å². The monoisotopic (exact) mass is 349 g/mol. The molecule has 2 aromatic carbocycles. The minimum absolute atomic E-state index is 0.200. The third-order valence-electron chi connectivity index (χ3n) is 5.08. The van der Waals surface area contributed by atoms with Crippen LogP contribution in [0, 0.1) is 6.92 Å². The van der Waals surface area contributed by atoms with E-state index < -0.39 is 5.60 Å². The van der Waals surface area contributed by atoms with Gasteiger partial charge in [-0.15, -0.1) is 0 Å². The standard InChI is InChI=1S/C20H19N3O3/c1-13-6-2-5-9-16(13)20(26)10-11-23(12-20)19(25)17-14-7-3-4-8-15(14)18(24)22-21-17/h2-9,26H,10-12H2,1H3,(H,22,24)/t20-/m1/s1. The van der Waals surface area contributed by atoms with Crippen LogP contribution < -0.4 is 5.56 Å². The lowest BCUT2D eigenvalue weighted by atomic mass is 9.89. The Kier molecular flexibility index (Phi) is 3.85. The fraction of sp³-hybridized carbons (Fsp3) is 0.250. The molecule has 1 amide bonds. The van der Waals surface area contributed by atoms with Gasteiger partial charge >= 0.3 is 0 Å². The molecule has 1 atom stereocenters. The average molecular weight is 349 g/mol. The lowest BCUT2D eigenvalue weighted by molar-refractivity contribution is 0.0411. The maximum absolute atomic E-state index is 13.0. The van der Waals surface area contributed by atoms with Crippen molar-refractivity contribution in [1.29, 1.82) is 0 Å². The van der Waals surface area contributed by atoms with E-state index in [9.17, 15) is 14.7 Å². The molecule has 0 unspecified atom stereocenters. The molecule has 0 aliphatic carbocycles. The Balaban J connectivity index is 1.68. The molecule has 6 heteroatoms. The molecule has 0 radical (unpaired) electrons. The van der Waals surface area contributed by atoms with E-state index in [0.29, 0.717) is 23.7 Å². The number of aliphatic hydroxyl groups is 1. The van der Waals surface area contributed by atoms with E-state index in [0.717, 1.165) is 11.1 Å². The van der Waals surface area contributed by atoms with Crippen LogP contribution in [0.5, 0.6) is 0 Å². The predicted octanol–water partition coefficient (Wildman–Crippen LogP) is 1.97. The lowest BCUT2D eigenvalue weighted by Crippen LogP contribution is -2.35. The number of likely N-dealkylation sites (tertiary alicyclic amines) is 1. The van der Waals surface area contributed by atoms with Gasteiger partial charge in [-0.3, -0.25) is 9.59 Å². The third-order valence-corrected chi connectivity index (χ3v) is 5.08. The number of nitrogens with zero attached hydrogens (tertiary/aromatic N) is 2. The highest BCUT2D eigenvalue weighted by Gasteiger charge is 2.41. The molecule has 0 bridgehead atoms. The van der Waals surface area contributed by atoms with Crippen molar-refractivity contribution in [1.82, 2.24) is 15.1 Å². The number of H-pyrrole nitrogens is 1. The zero-order chi connectivity index (χ0) is 18.3. The van der Waals surface area contributed by atoms with Gasteiger partial charge in [0.1, 0.15) is 5.60 Å². The molecule has 2 N–H and O–H groups in total. The van der Waals surface area contributed by atoms with Gasteiger partial charge < -0.3 is 10.0 Å². The number of aromatic nitrogens is 2. The highest BCUT2D eigenvalue weighted by molar-refractivity contribution is 6.04. The number of aromatic amines is 1. The topological polar surface area (TPSA) is 86.3 Å². The van der Waals surface area contributed by atoms with E-state index in [4.69, 9.17) is 0 Å². The molecular weight excluding hydrogens is 330 g/mol. The summed E-state index contributed by atoms with van der Waals surface area (Å²) in [5.41, 5.74) is 0.648. The number of β-amino-alcohol motifs (C(OH)–C–C–N with tert-alkyl or cyclic N) is 1. The van der Waals surface area contributed by atoms with Crippen LogP contribution in [0.3, 0.4) is 0 Å². The number of aryl methyl sites for hydroxylation is 1. The first-order chi connectivity index (χ1) is 12.5. The minimum Gasteiger partial charge on any atom is -0.383 e. The molecular formula is C20H19N3O3. The number of carbonyl (C=O) groups excluding carboxylic acids is 1. The van der Waals surface area contributed by atoms with Crippen molar-refractivity contribution in [2.24, 2.45) is 0 Å². The second-order valence-corrected chi connectivity index (χ2v) is 6.77. The summed E-state index contributed by atoms with van der Waals surface area (Å²) in [6, 6.07) is 14.6. The zero-order valence-corrected chi connectivity index (χ0v) is 14.4. The molecule has 3 aromatic rings. The number of carbonyl (C=O) groups is 1. The fourth-order valence-electron chi connectivity index (χ4n) is 3.71. The Labute approximate surface area is 150 Å². The Morgan fingerprint density at radius 2 is 1.85 bits per heavy atom. The molecule has 2 heterocycles. The van der Waals surface area contributed by atoms with Crippen molar-refractivity contribution in [2.45, 2.75) is 18.9 Å². The Morgan fingerprint density at radius 3 is 2.62 bits per heavy atom. The molecule has 1 aliphatic rings. The summed E-state index contributed by atoms with van der Waals surface area (Å²) in [6.07, 6.45) is 0.463. The summed E-state index contributed by atoms with van der Waals surface area (Å²) in [5, 5.41) is 18.4. The van der Waals surface area contributed by atoms with Gasteiger partial charge in [0.25, 0.3) is 11.5 Å². The molecule has 26 heavy (non-hydrogen) atoms. The normalized spacial score (nSPS) is 19.8. The molecule has 1 saturated heterocycles. The fourth-order valence-corrected chi connectivity index (χ4v) is 3.71. The molecule has 0 saturated carbocycles. The number of hydrogen-bond acceptors (Lipinski definition) is 4. The molecule has 1 aliphatic heterocycles. The van der Waals surface area contributed by atoms with E-state index in [2.05, 4.69) is 10.2 Å². The van der Waals surface area contributed by atoms with Gasteiger partial charge in [0.05, 0.1) is 11.9 Å². The Hall–Kier alpha value is -2.99. The molecule has 6 nitrogen and oxygen atoms in total. The van der Waals surface area contributed by atoms with Crippen LogP contribution in [0.2, 0.25) is 0 Å². The Morgan fingerprint density at radius 1 is 1.15 bits per heavy atom. The minimum atomic E-state index is -1.07. The largest absolute Gasteiger partial charge is 0.383 e. The van der Waals surface area contributed by atoms with Crippen LogP contribution in [-0.4, -0.2) is 39.2 Å². The molecule has 1 aromatic heterocycles. The molecule has 1 fully saturated rings. The number of amides is 1. The second-order valence-electron chi connectivity index (χ2n) is 6.77. The molecule has 132 valence electrons. The van der Waals surface area contributed by atoms with Crippen LogP contribution >= 0.6 is 0 Å². The average Bonchev–Trinajstić information content (AvgIpc) is 3.05. The predicted molar refractivity (Wildman–Crippen MR) is 98.0 cm³/mol. The van der Waals surface area contributed by atoms with Crippen molar-refractivity contribution >= 4 is 16.7 Å².